The van der Waals surface area contributed by atoms with Gasteiger partial charge in [0.15, 0.2) is 0 Å². The molecule has 0 aliphatic heterocycles. The number of benzene rings is 1. The van der Waals surface area contributed by atoms with E-state index in [2.05, 4.69) is 0 Å². The fourth-order valence-electron chi connectivity index (χ4n) is 2.03. The minimum Gasteiger partial charge on any atom is -0.508 e. The molecule has 0 spiro atoms. The first kappa shape index (κ1) is 9.49. The average Bonchev–Trinajstić information content (AvgIpc) is 2.93. The number of hydrogen-bond acceptors (Lipinski definition) is 3. The first-order valence-corrected chi connectivity index (χ1v) is 4.82. The van der Waals surface area contributed by atoms with Gasteiger partial charge in [-0.25, -0.2) is 0 Å². The smallest absolute Gasteiger partial charge is 0.115 e. The highest BCUT2D eigenvalue weighted by Gasteiger charge is 2.53. The van der Waals surface area contributed by atoms with Crippen molar-refractivity contribution in [2.24, 2.45) is 11.1 Å². The lowest BCUT2D eigenvalue weighted by molar-refractivity contribution is 0.211. The van der Waals surface area contributed by atoms with Gasteiger partial charge >= 0.3 is 0 Å². The zero-order chi connectivity index (χ0) is 10.2. The van der Waals surface area contributed by atoms with Gasteiger partial charge in [-0.3, -0.25) is 0 Å². The lowest BCUT2D eigenvalue weighted by atomic mass is 10.00. The van der Waals surface area contributed by atoms with Crippen molar-refractivity contribution in [1.82, 2.24) is 0 Å². The van der Waals surface area contributed by atoms with Crippen LogP contribution in [0, 0.1) is 5.41 Å². The van der Waals surface area contributed by atoms with E-state index < -0.39 is 0 Å². The van der Waals surface area contributed by atoms with Gasteiger partial charge in [0.1, 0.15) is 5.75 Å². The summed E-state index contributed by atoms with van der Waals surface area (Å²) in [5, 5.41) is 18.5. The van der Waals surface area contributed by atoms with Crippen molar-refractivity contribution in [2.45, 2.75) is 12.3 Å². The largest absolute Gasteiger partial charge is 0.508 e. The highest BCUT2D eigenvalue weighted by atomic mass is 16.3. The maximum atomic E-state index is 9.31. The molecule has 1 aromatic carbocycles. The number of aliphatic hydroxyl groups excluding tert-OH is 1. The molecule has 0 amide bonds. The van der Waals surface area contributed by atoms with Gasteiger partial charge in [0.2, 0.25) is 0 Å². The second-order valence-corrected chi connectivity index (χ2v) is 4.08. The molecule has 2 unspecified atom stereocenters. The van der Waals surface area contributed by atoms with Crippen LogP contribution in [-0.2, 0) is 0 Å². The number of nitrogens with two attached hydrogens (primary N) is 1. The highest BCUT2D eigenvalue weighted by molar-refractivity contribution is 5.35. The van der Waals surface area contributed by atoms with Gasteiger partial charge in [-0.2, -0.15) is 0 Å². The van der Waals surface area contributed by atoms with E-state index in [9.17, 15) is 10.2 Å². The maximum absolute atomic E-state index is 9.31. The van der Waals surface area contributed by atoms with Crippen LogP contribution in [0.2, 0.25) is 0 Å². The van der Waals surface area contributed by atoms with Crippen LogP contribution in [0.1, 0.15) is 17.9 Å². The van der Waals surface area contributed by atoms with E-state index >= 15 is 0 Å². The van der Waals surface area contributed by atoms with Crippen LogP contribution in [0.3, 0.4) is 0 Å². The van der Waals surface area contributed by atoms with Crippen molar-refractivity contribution in [3.63, 3.8) is 0 Å². The molecule has 0 saturated heterocycles. The second-order valence-electron chi connectivity index (χ2n) is 4.08. The Morgan fingerprint density at radius 1 is 1.50 bits per heavy atom. The molecule has 3 nitrogen and oxygen atoms in total. The number of hydrogen-bond donors (Lipinski definition) is 3. The Bertz CT molecular complexity index is 334. The molecule has 4 N–H and O–H groups in total. The van der Waals surface area contributed by atoms with Gasteiger partial charge in [0, 0.05) is 12.0 Å². The van der Waals surface area contributed by atoms with E-state index in [1.165, 1.54) is 0 Å². The van der Waals surface area contributed by atoms with Gasteiger partial charge in [0.25, 0.3) is 0 Å². The Morgan fingerprint density at radius 2 is 2.29 bits per heavy atom. The summed E-state index contributed by atoms with van der Waals surface area (Å²) in [5.41, 5.74) is 6.57. The van der Waals surface area contributed by atoms with Crippen LogP contribution >= 0.6 is 0 Å². The molecular weight excluding hydrogens is 178 g/mol. The summed E-state index contributed by atoms with van der Waals surface area (Å²) >= 11 is 0. The molecule has 0 bridgehead atoms. The summed E-state index contributed by atoms with van der Waals surface area (Å²) in [7, 11) is 0. The van der Waals surface area contributed by atoms with Crippen molar-refractivity contribution in [2.75, 3.05) is 13.2 Å². The van der Waals surface area contributed by atoms with Crippen LogP contribution in [0.15, 0.2) is 24.3 Å². The van der Waals surface area contributed by atoms with E-state index in [1.807, 2.05) is 12.1 Å². The van der Waals surface area contributed by atoms with Crippen molar-refractivity contribution in [3.05, 3.63) is 29.8 Å². The van der Waals surface area contributed by atoms with Crippen LogP contribution < -0.4 is 5.73 Å². The third-order valence-electron chi connectivity index (χ3n) is 3.18. The zero-order valence-corrected chi connectivity index (χ0v) is 7.98. The van der Waals surface area contributed by atoms with E-state index in [0.29, 0.717) is 12.5 Å². The maximum Gasteiger partial charge on any atom is 0.115 e. The zero-order valence-electron chi connectivity index (χ0n) is 7.98. The number of phenolic OH excluding ortho intramolecular Hbond substituents is 1. The third-order valence-corrected chi connectivity index (χ3v) is 3.18. The van der Waals surface area contributed by atoms with Crippen molar-refractivity contribution < 1.29 is 10.2 Å². The summed E-state index contributed by atoms with van der Waals surface area (Å²) in [6.07, 6.45) is 0.920. The Balaban J connectivity index is 2.19. The van der Waals surface area contributed by atoms with Crippen molar-refractivity contribution >= 4 is 0 Å². The van der Waals surface area contributed by atoms with Crippen molar-refractivity contribution in [1.29, 1.82) is 0 Å². The van der Waals surface area contributed by atoms with Crippen LogP contribution in [0.5, 0.6) is 5.75 Å². The lowest BCUT2D eigenvalue weighted by Gasteiger charge is -2.10. The fraction of sp³-hybridized carbons (Fsp3) is 0.455. The van der Waals surface area contributed by atoms with E-state index in [4.69, 9.17) is 5.73 Å². The topological polar surface area (TPSA) is 66.5 Å². The lowest BCUT2D eigenvalue weighted by Crippen LogP contribution is -2.21. The molecule has 76 valence electrons. The monoisotopic (exact) mass is 193 g/mol. The number of phenols is 1. The summed E-state index contributed by atoms with van der Waals surface area (Å²) in [4.78, 5) is 0. The van der Waals surface area contributed by atoms with Gasteiger partial charge in [0.05, 0.1) is 6.61 Å². The SMILES string of the molecule is NCC1(CO)CC1c1cccc(O)c1. The summed E-state index contributed by atoms with van der Waals surface area (Å²) in [5.74, 6) is 0.586. The molecule has 1 saturated carbocycles. The number of aromatic hydroxyl groups is 1. The third kappa shape index (κ3) is 1.38. The molecule has 0 radical (unpaired) electrons. The van der Waals surface area contributed by atoms with E-state index in [-0.39, 0.29) is 17.8 Å². The predicted octanol–water partition coefficient (Wildman–Crippen LogP) is 0.817. The molecule has 2 rings (SSSR count). The standard InChI is InChI=1S/C11H15NO2/c12-6-11(7-13)5-10(11)8-2-1-3-9(14)4-8/h1-4,10,13-14H,5-7,12H2. The highest BCUT2D eigenvalue weighted by Crippen LogP contribution is 2.58. The number of rotatable bonds is 3. The van der Waals surface area contributed by atoms with Crippen LogP contribution in [0.4, 0.5) is 0 Å². The molecule has 0 aromatic heterocycles. The van der Waals surface area contributed by atoms with Gasteiger partial charge < -0.3 is 15.9 Å². The number of aliphatic hydroxyl groups is 1. The molecule has 2 atom stereocenters. The Morgan fingerprint density at radius 3 is 2.79 bits per heavy atom. The molecule has 3 heteroatoms. The Kier molecular flexibility index (Phi) is 2.21. The Labute approximate surface area is 83.2 Å². The van der Waals surface area contributed by atoms with Gasteiger partial charge in [-0.1, -0.05) is 12.1 Å². The normalized spacial score (nSPS) is 30.3. The van der Waals surface area contributed by atoms with Crippen LogP contribution in [0.25, 0.3) is 0 Å². The van der Waals surface area contributed by atoms with Gasteiger partial charge in [-0.15, -0.1) is 0 Å². The first-order chi connectivity index (χ1) is 6.72. The first-order valence-electron chi connectivity index (χ1n) is 4.82. The van der Waals surface area contributed by atoms with Gasteiger partial charge in [-0.05, 0) is 30.0 Å². The molecular formula is C11H15NO2. The summed E-state index contributed by atoms with van der Waals surface area (Å²) in [6.45, 7) is 0.633. The minimum atomic E-state index is -0.131. The molecule has 1 aliphatic rings. The Hall–Kier alpha value is -1.06. The minimum absolute atomic E-state index is 0.129. The predicted molar refractivity (Wildman–Crippen MR) is 54.0 cm³/mol. The molecule has 1 aliphatic carbocycles. The average molecular weight is 193 g/mol. The second kappa shape index (κ2) is 3.26. The quantitative estimate of drug-likeness (QED) is 0.665. The molecule has 14 heavy (non-hydrogen) atoms. The van der Waals surface area contributed by atoms with Crippen LogP contribution in [-0.4, -0.2) is 23.4 Å². The molecule has 0 heterocycles. The van der Waals surface area contributed by atoms with E-state index in [0.717, 1.165) is 12.0 Å². The molecule has 1 aromatic rings. The fourth-order valence-corrected chi connectivity index (χ4v) is 2.03. The summed E-state index contributed by atoms with van der Waals surface area (Å²) in [6, 6.07) is 7.19. The molecule has 1 fully saturated rings. The van der Waals surface area contributed by atoms with E-state index in [1.54, 1.807) is 12.1 Å². The van der Waals surface area contributed by atoms with Crippen molar-refractivity contribution in [3.8, 4) is 5.75 Å². The summed E-state index contributed by atoms with van der Waals surface area (Å²) < 4.78 is 0.